The van der Waals surface area contributed by atoms with E-state index in [9.17, 15) is 4.79 Å². The quantitative estimate of drug-likeness (QED) is 0.933. The molecule has 4 heteroatoms. The standard InChI is InChI=1S/C15H15NO2S/c1-10(14-7-4-8-19-14)16-15(17)13-9-11-5-2-3-6-12(11)18-13/h2-8,10,13H,9H2,1H3,(H,16,17). The lowest BCUT2D eigenvalue weighted by Gasteiger charge is -2.16. The van der Waals surface area contributed by atoms with Crippen molar-refractivity contribution in [1.82, 2.24) is 5.32 Å². The zero-order chi connectivity index (χ0) is 13.2. The molecule has 1 aliphatic heterocycles. The molecule has 2 atom stereocenters. The number of rotatable bonds is 3. The van der Waals surface area contributed by atoms with Crippen LogP contribution in [0.2, 0.25) is 0 Å². The number of carbonyl (C=O) groups is 1. The number of thiophene rings is 1. The van der Waals surface area contributed by atoms with Crippen LogP contribution in [-0.4, -0.2) is 12.0 Å². The van der Waals surface area contributed by atoms with Crippen LogP contribution < -0.4 is 10.1 Å². The first-order valence-corrected chi connectivity index (χ1v) is 7.20. The van der Waals surface area contributed by atoms with E-state index in [4.69, 9.17) is 4.74 Å². The minimum atomic E-state index is -0.403. The first kappa shape index (κ1) is 12.2. The molecule has 3 nitrogen and oxygen atoms in total. The number of hydrogen-bond acceptors (Lipinski definition) is 3. The first-order chi connectivity index (χ1) is 9.24. The van der Waals surface area contributed by atoms with E-state index >= 15 is 0 Å². The fraction of sp³-hybridized carbons (Fsp3) is 0.267. The van der Waals surface area contributed by atoms with Crippen LogP contribution in [0.3, 0.4) is 0 Å². The molecule has 3 rings (SSSR count). The third-order valence-electron chi connectivity index (χ3n) is 3.27. The lowest BCUT2D eigenvalue weighted by atomic mass is 10.1. The summed E-state index contributed by atoms with van der Waals surface area (Å²) in [4.78, 5) is 13.3. The Hall–Kier alpha value is -1.81. The SMILES string of the molecule is CC(NC(=O)C1Cc2ccccc2O1)c1cccs1. The highest BCUT2D eigenvalue weighted by molar-refractivity contribution is 7.10. The zero-order valence-electron chi connectivity index (χ0n) is 10.6. The summed E-state index contributed by atoms with van der Waals surface area (Å²) in [5.41, 5.74) is 1.10. The lowest BCUT2D eigenvalue weighted by Crippen LogP contribution is -2.38. The highest BCUT2D eigenvalue weighted by Gasteiger charge is 2.29. The average Bonchev–Trinajstić information content (AvgIpc) is 3.07. The molecular weight excluding hydrogens is 258 g/mol. The van der Waals surface area contributed by atoms with Crippen LogP contribution in [0, 0.1) is 0 Å². The van der Waals surface area contributed by atoms with Gasteiger partial charge in [0.15, 0.2) is 6.10 Å². The van der Waals surface area contributed by atoms with E-state index in [1.807, 2.05) is 48.7 Å². The predicted molar refractivity (Wildman–Crippen MR) is 75.4 cm³/mol. The molecule has 0 aliphatic carbocycles. The number of amides is 1. The van der Waals surface area contributed by atoms with Gasteiger partial charge in [0.25, 0.3) is 5.91 Å². The summed E-state index contributed by atoms with van der Waals surface area (Å²) in [5.74, 6) is 0.781. The molecule has 1 aromatic heterocycles. The van der Waals surface area contributed by atoms with Crippen molar-refractivity contribution < 1.29 is 9.53 Å². The van der Waals surface area contributed by atoms with Gasteiger partial charge in [0.05, 0.1) is 6.04 Å². The third-order valence-corrected chi connectivity index (χ3v) is 4.32. The summed E-state index contributed by atoms with van der Waals surface area (Å²) >= 11 is 1.65. The van der Waals surface area contributed by atoms with Crippen molar-refractivity contribution in [3.05, 3.63) is 52.2 Å². The number of para-hydroxylation sites is 1. The Balaban J connectivity index is 1.64. The molecule has 0 saturated heterocycles. The summed E-state index contributed by atoms with van der Waals surface area (Å²) in [6, 6.07) is 11.9. The number of benzene rings is 1. The van der Waals surface area contributed by atoms with E-state index in [2.05, 4.69) is 5.32 Å². The Labute approximate surface area is 116 Å². The van der Waals surface area contributed by atoms with E-state index in [1.165, 1.54) is 0 Å². The molecule has 0 fully saturated rings. The average molecular weight is 273 g/mol. The molecule has 19 heavy (non-hydrogen) atoms. The molecule has 1 amide bonds. The van der Waals surface area contributed by atoms with Crippen LogP contribution in [0.4, 0.5) is 0 Å². The van der Waals surface area contributed by atoms with Crippen LogP contribution in [0.5, 0.6) is 5.75 Å². The second kappa shape index (κ2) is 5.05. The van der Waals surface area contributed by atoms with Gasteiger partial charge in [-0.2, -0.15) is 0 Å². The maximum atomic E-state index is 12.2. The van der Waals surface area contributed by atoms with E-state index in [1.54, 1.807) is 11.3 Å². The number of nitrogens with one attached hydrogen (secondary N) is 1. The van der Waals surface area contributed by atoms with E-state index < -0.39 is 6.10 Å². The fourth-order valence-electron chi connectivity index (χ4n) is 2.24. The summed E-state index contributed by atoms with van der Waals surface area (Å²) in [7, 11) is 0. The molecule has 0 bridgehead atoms. The summed E-state index contributed by atoms with van der Waals surface area (Å²) in [5, 5.41) is 5.02. The van der Waals surface area contributed by atoms with Crippen LogP contribution in [-0.2, 0) is 11.2 Å². The second-order valence-electron chi connectivity index (χ2n) is 4.66. The second-order valence-corrected chi connectivity index (χ2v) is 5.64. The van der Waals surface area contributed by atoms with Crippen LogP contribution in [0.15, 0.2) is 41.8 Å². The monoisotopic (exact) mass is 273 g/mol. The van der Waals surface area contributed by atoms with Crippen molar-refractivity contribution in [2.75, 3.05) is 0 Å². The van der Waals surface area contributed by atoms with Gasteiger partial charge in [-0.05, 0) is 30.0 Å². The number of fused-ring (bicyclic) bond motifs is 1. The normalized spacial score (nSPS) is 18.5. The minimum Gasteiger partial charge on any atom is -0.480 e. The van der Waals surface area contributed by atoms with Crippen molar-refractivity contribution in [2.24, 2.45) is 0 Å². The summed E-state index contributed by atoms with van der Waals surface area (Å²) in [6.07, 6.45) is 0.249. The molecule has 1 aromatic carbocycles. The van der Waals surface area contributed by atoms with Gasteiger partial charge in [0.1, 0.15) is 5.75 Å². The molecule has 0 radical (unpaired) electrons. The molecule has 0 saturated carbocycles. The molecule has 1 aliphatic rings. The lowest BCUT2D eigenvalue weighted by molar-refractivity contribution is -0.127. The molecular formula is C15H15NO2S. The van der Waals surface area contributed by atoms with Crippen molar-refractivity contribution >= 4 is 17.2 Å². The Kier molecular flexibility index (Phi) is 3.25. The number of carbonyl (C=O) groups excluding carboxylic acids is 1. The van der Waals surface area contributed by atoms with E-state index in [0.29, 0.717) is 6.42 Å². The van der Waals surface area contributed by atoms with Gasteiger partial charge in [-0.15, -0.1) is 11.3 Å². The third kappa shape index (κ3) is 2.49. The van der Waals surface area contributed by atoms with Gasteiger partial charge >= 0.3 is 0 Å². The summed E-state index contributed by atoms with van der Waals surface area (Å²) < 4.78 is 5.68. The van der Waals surface area contributed by atoms with Gasteiger partial charge in [0, 0.05) is 11.3 Å². The predicted octanol–water partition coefficient (Wildman–Crippen LogP) is 2.93. The van der Waals surface area contributed by atoms with Crippen LogP contribution in [0.25, 0.3) is 0 Å². The van der Waals surface area contributed by atoms with Gasteiger partial charge in [0.2, 0.25) is 0 Å². The van der Waals surface area contributed by atoms with E-state index in [-0.39, 0.29) is 11.9 Å². The molecule has 2 aromatic rings. The van der Waals surface area contributed by atoms with E-state index in [0.717, 1.165) is 16.2 Å². The van der Waals surface area contributed by atoms with Gasteiger partial charge in [-0.1, -0.05) is 24.3 Å². The minimum absolute atomic E-state index is 0.0276. The molecule has 0 spiro atoms. The first-order valence-electron chi connectivity index (χ1n) is 6.32. The topological polar surface area (TPSA) is 38.3 Å². The Morgan fingerprint density at radius 2 is 2.21 bits per heavy atom. The molecule has 2 heterocycles. The number of hydrogen-bond donors (Lipinski definition) is 1. The van der Waals surface area contributed by atoms with Gasteiger partial charge < -0.3 is 10.1 Å². The zero-order valence-corrected chi connectivity index (χ0v) is 11.4. The smallest absolute Gasteiger partial charge is 0.261 e. The fourth-order valence-corrected chi connectivity index (χ4v) is 2.98. The maximum absolute atomic E-state index is 12.2. The van der Waals surface area contributed by atoms with Crippen molar-refractivity contribution in [3.63, 3.8) is 0 Å². The van der Waals surface area contributed by atoms with Crippen molar-refractivity contribution in [3.8, 4) is 5.75 Å². The van der Waals surface area contributed by atoms with Gasteiger partial charge in [-0.25, -0.2) is 0 Å². The maximum Gasteiger partial charge on any atom is 0.261 e. The van der Waals surface area contributed by atoms with Crippen LogP contribution in [0.1, 0.15) is 23.4 Å². The molecule has 1 N–H and O–H groups in total. The molecule has 98 valence electrons. The largest absolute Gasteiger partial charge is 0.480 e. The highest BCUT2D eigenvalue weighted by Crippen LogP contribution is 2.28. The summed E-state index contributed by atoms with van der Waals surface area (Å²) in [6.45, 7) is 1.99. The Morgan fingerprint density at radius 3 is 2.95 bits per heavy atom. The van der Waals surface area contributed by atoms with Gasteiger partial charge in [-0.3, -0.25) is 4.79 Å². The van der Waals surface area contributed by atoms with Crippen molar-refractivity contribution in [2.45, 2.75) is 25.5 Å². The highest BCUT2D eigenvalue weighted by atomic mass is 32.1. The number of ether oxygens (including phenoxy) is 1. The van der Waals surface area contributed by atoms with Crippen LogP contribution >= 0.6 is 11.3 Å². The Bertz CT molecular complexity index is 555. The Morgan fingerprint density at radius 1 is 1.37 bits per heavy atom. The molecule has 2 unspecified atom stereocenters. The van der Waals surface area contributed by atoms with Crippen molar-refractivity contribution in [1.29, 1.82) is 0 Å².